The Balaban J connectivity index is 2.57. The minimum Gasteiger partial charge on any atom is -0.494 e. The van der Waals surface area contributed by atoms with Crippen LogP contribution in [0.2, 0.25) is 0 Å². The molecule has 20 heavy (non-hydrogen) atoms. The van der Waals surface area contributed by atoms with Gasteiger partial charge in [0.1, 0.15) is 5.56 Å². The highest BCUT2D eigenvalue weighted by molar-refractivity contribution is 6.06. The molecule has 2 rings (SSSR count). The van der Waals surface area contributed by atoms with E-state index in [0.29, 0.717) is 0 Å². The molecule has 1 fully saturated rings. The second-order valence-corrected chi connectivity index (χ2v) is 4.93. The Morgan fingerprint density at radius 2 is 1.85 bits per heavy atom. The van der Waals surface area contributed by atoms with Crippen molar-refractivity contribution in [2.45, 2.75) is 12.8 Å². The smallest absolute Gasteiger partial charge is 0.333 e. The van der Waals surface area contributed by atoms with E-state index in [1.807, 2.05) is 11.9 Å². The van der Waals surface area contributed by atoms with E-state index < -0.39 is 22.9 Å². The molecule has 0 saturated carbocycles. The molecule has 0 spiro atoms. The van der Waals surface area contributed by atoms with Crippen LogP contribution in [-0.2, 0) is 14.1 Å². The van der Waals surface area contributed by atoms with E-state index in [0.717, 1.165) is 34.2 Å². The van der Waals surface area contributed by atoms with Gasteiger partial charge in [0.15, 0.2) is 5.78 Å². The summed E-state index contributed by atoms with van der Waals surface area (Å²) >= 11 is 0. The van der Waals surface area contributed by atoms with Gasteiger partial charge in [-0.05, 0) is 12.8 Å². The van der Waals surface area contributed by atoms with Gasteiger partial charge in [0.25, 0.3) is 5.56 Å². The Labute approximate surface area is 115 Å². The Bertz CT molecular complexity index is 712. The minimum absolute atomic E-state index is 0.373. The maximum absolute atomic E-state index is 12.2. The van der Waals surface area contributed by atoms with Crippen molar-refractivity contribution in [3.8, 4) is 5.88 Å². The molecule has 1 saturated heterocycles. The van der Waals surface area contributed by atoms with Gasteiger partial charge in [0.05, 0.1) is 0 Å². The monoisotopic (exact) mass is 279 g/mol. The van der Waals surface area contributed by atoms with Crippen LogP contribution in [0.5, 0.6) is 5.88 Å². The third-order valence-electron chi connectivity index (χ3n) is 3.59. The van der Waals surface area contributed by atoms with E-state index in [2.05, 4.69) is 0 Å². The predicted molar refractivity (Wildman–Crippen MR) is 72.9 cm³/mol. The molecule has 1 aliphatic heterocycles. The molecule has 1 aromatic rings. The molecule has 0 radical (unpaired) electrons. The molecule has 7 nitrogen and oxygen atoms in total. The van der Waals surface area contributed by atoms with Crippen LogP contribution in [0.15, 0.2) is 21.4 Å². The highest BCUT2D eigenvalue weighted by Crippen LogP contribution is 2.20. The molecule has 2 heterocycles. The number of rotatable bonds is 2. The zero-order chi connectivity index (χ0) is 15.0. The van der Waals surface area contributed by atoms with E-state index in [1.54, 1.807) is 0 Å². The normalized spacial score (nSPS) is 16.9. The Morgan fingerprint density at radius 1 is 1.20 bits per heavy atom. The largest absolute Gasteiger partial charge is 0.494 e. The van der Waals surface area contributed by atoms with Crippen molar-refractivity contribution < 1.29 is 9.90 Å². The van der Waals surface area contributed by atoms with Crippen LogP contribution in [0, 0.1) is 0 Å². The molecule has 0 amide bonds. The highest BCUT2D eigenvalue weighted by Gasteiger charge is 2.22. The van der Waals surface area contributed by atoms with Crippen molar-refractivity contribution >= 4 is 5.78 Å². The molecule has 7 heteroatoms. The van der Waals surface area contributed by atoms with Crippen LogP contribution in [0.25, 0.3) is 0 Å². The quantitative estimate of drug-likeness (QED) is 0.587. The summed E-state index contributed by atoms with van der Waals surface area (Å²) in [6, 6.07) is 0. The molecule has 0 atom stereocenters. The van der Waals surface area contributed by atoms with Gasteiger partial charge in [-0.25, -0.2) is 4.79 Å². The lowest BCUT2D eigenvalue weighted by Gasteiger charge is -2.12. The minimum atomic E-state index is -0.784. The van der Waals surface area contributed by atoms with E-state index in [4.69, 9.17) is 0 Å². The standard InChI is InChI=1S/C13H17N3O4/c1-14-6-4-5-8(14)7-9(17)10-11(18)15(2)13(20)16(3)12(10)19/h7,18H,4-6H2,1-3H3/b8-7+. The number of hydrogen-bond acceptors (Lipinski definition) is 5. The van der Waals surface area contributed by atoms with Crippen LogP contribution >= 0.6 is 0 Å². The number of nitrogens with zero attached hydrogens (tertiary/aromatic N) is 3. The van der Waals surface area contributed by atoms with Crippen molar-refractivity contribution in [3.63, 3.8) is 0 Å². The van der Waals surface area contributed by atoms with Crippen molar-refractivity contribution in [2.24, 2.45) is 14.1 Å². The van der Waals surface area contributed by atoms with Crippen LogP contribution in [-0.4, -0.2) is 38.5 Å². The maximum Gasteiger partial charge on any atom is 0.333 e. The van der Waals surface area contributed by atoms with Gasteiger partial charge in [-0.3, -0.25) is 18.7 Å². The van der Waals surface area contributed by atoms with Crippen molar-refractivity contribution in [1.82, 2.24) is 14.0 Å². The fourth-order valence-corrected chi connectivity index (χ4v) is 2.29. The number of hydrogen-bond donors (Lipinski definition) is 1. The van der Waals surface area contributed by atoms with E-state index in [-0.39, 0.29) is 5.56 Å². The summed E-state index contributed by atoms with van der Waals surface area (Å²) in [5.74, 6) is -1.18. The SMILES string of the molecule is CN1CCC/C1=C\C(=O)c1c(O)n(C)c(=O)n(C)c1=O. The number of aromatic nitrogens is 2. The summed E-state index contributed by atoms with van der Waals surface area (Å²) in [6.07, 6.45) is 3.07. The molecule has 0 aromatic carbocycles. The zero-order valence-corrected chi connectivity index (χ0v) is 11.7. The van der Waals surface area contributed by atoms with Gasteiger partial charge in [0, 0.05) is 39.5 Å². The number of ketones is 1. The molecule has 0 unspecified atom stereocenters. The molecule has 108 valence electrons. The van der Waals surface area contributed by atoms with Crippen LogP contribution in [0.4, 0.5) is 0 Å². The fourth-order valence-electron chi connectivity index (χ4n) is 2.29. The van der Waals surface area contributed by atoms with Gasteiger partial charge in [0.2, 0.25) is 5.88 Å². The van der Waals surface area contributed by atoms with Gasteiger partial charge < -0.3 is 10.0 Å². The molecule has 0 bridgehead atoms. The van der Waals surface area contributed by atoms with Gasteiger partial charge in [-0.2, -0.15) is 0 Å². The zero-order valence-electron chi connectivity index (χ0n) is 11.7. The third-order valence-corrected chi connectivity index (χ3v) is 3.59. The second kappa shape index (κ2) is 4.99. The lowest BCUT2D eigenvalue weighted by atomic mass is 10.1. The van der Waals surface area contributed by atoms with Gasteiger partial charge >= 0.3 is 5.69 Å². The first-order valence-electron chi connectivity index (χ1n) is 6.29. The number of carbonyl (C=O) groups is 1. The summed E-state index contributed by atoms with van der Waals surface area (Å²) < 4.78 is 1.69. The summed E-state index contributed by atoms with van der Waals surface area (Å²) in [6.45, 7) is 0.858. The topological polar surface area (TPSA) is 84.5 Å². The van der Waals surface area contributed by atoms with Crippen LogP contribution < -0.4 is 11.2 Å². The summed E-state index contributed by atoms with van der Waals surface area (Å²) in [7, 11) is 4.45. The lowest BCUT2D eigenvalue weighted by molar-refractivity contribution is 0.103. The lowest BCUT2D eigenvalue weighted by Crippen LogP contribution is -2.39. The first kappa shape index (κ1) is 14.1. The molecule has 0 aliphatic carbocycles. The molecule has 1 aromatic heterocycles. The fraction of sp³-hybridized carbons (Fsp3) is 0.462. The average molecular weight is 279 g/mol. The Hall–Kier alpha value is -2.31. The summed E-state index contributed by atoms with van der Waals surface area (Å²) in [4.78, 5) is 37.7. The van der Waals surface area contributed by atoms with Crippen LogP contribution in [0.1, 0.15) is 23.2 Å². The molecule has 1 N–H and O–H groups in total. The highest BCUT2D eigenvalue weighted by atomic mass is 16.3. The predicted octanol–water partition coefficient (Wildman–Crippen LogP) is -0.418. The molecular weight excluding hydrogens is 262 g/mol. The number of likely N-dealkylation sites (tertiary alicyclic amines) is 1. The van der Waals surface area contributed by atoms with E-state index in [1.165, 1.54) is 20.2 Å². The number of aromatic hydroxyl groups is 1. The van der Waals surface area contributed by atoms with Gasteiger partial charge in [-0.1, -0.05) is 0 Å². The van der Waals surface area contributed by atoms with Crippen molar-refractivity contribution in [3.05, 3.63) is 38.2 Å². The summed E-state index contributed by atoms with van der Waals surface area (Å²) in [5, 5.41) is 9.88. The first-order valence-corrected chi connectivity index (χ1v) is 6.29. The third kappa shape index (κ3) is 2.15. The Kier molecular flexibility index (Phi) is 3.52. The molecule has 1 aliphatic rings. The molecular formula is C13H17N3O4. The summed E-state index contributed by atoms with van der Waals surface area (Å²) in [5.41, 5.74) is -1.00. The number of carbonyl (C=O) groups excluding carboxylic acids is 1. The average Bonchev–Trinajstić information content (AvgIpc) is 2.80. The second-order valence-electron chi connectivity index (χ2n) is 4.93. The maximum atomic E-state index is 12.2. The van der Waals surface area contributed by atoms with Crippen molar-refractivity contribution in [2.75, 3.05) is 13.6 Å². The van der Waals surface area contributed by atoms with E-state index >= 15 is 0 Å². The van der Waals surface area contributed by atoms with Gasteiger partial charge in [-0.15, -0.1) is 0 Å². The Morgan fingerprint density at radius 3 is 2.40 bits per heavy atom. The number of allylic oxidation sites excluding steroid dienone is 2. The first-order chi connectivity index (χ1) is 9.34. The van der Waals surface area contributed by atoms with Crippen LogP contribution in [0.3, 0.4) is 0 Å². The van der Waals surface area contributed by atoms with Crippen molar-refractivity contribution in [1.29, 1.82) is 0 Å². The van der Waals surface area contributed by atoms with E-state index in [9.17, 15) is 19.5 Å².